The van der Waals surface area contributed by atoms with E-state index in [-0.39, 0.29) is 0 Å². The van der Waals surface area contributed by atoms with Crippen molar-refractivity contribution in [3.8, 4) is 0 Å². The quantitative estimate of drug-likeness (QED) is 0.480. The Labute approximate surface area is 44.4 Å². The maximum Gasteiger partial charge on any atom is 0.0247 e. The Hall–Kier alpha value is -0.300. The molecule has 1 saturated heterocycles. The molecule has 40 valence electrons. The van der Waals surface area contributed by atoms with Gasteiger partial charge in [0.15, 0.2) is 0 Å². The molecule has 0 amide bonds. The van der Waals surface area contributed by atoms with Gasteiger partial charge in [-0.15, -0.1) is 6.58 Å². The van der Waals surface area contributed by atoms with Gasteiger partial charge in [0.05, 0.1) is 0 Å². The van der Waals surface area contributed by atoms with Crippen molar-refractivity contribution >= 4 is 0 Å². The molecule has 0 spiro atoms. The first-order valence-corrected chi connectivity index (χ1v) is 2.79. The summed E-state index contributed by atoms with van der Waals surface area (Å²) in [7, 11) is 0. The SMILES string of the molecule is C=CC1CCCN1. The first-order chi connectivity index (χ1) is 3.43. The molecule has 0 saturated carbocycles. The van der Waals surface area contributed by atoms with Gasteiger partial charge in [0.25, 0.3) is 0 Å². The minimum absolute atomic E-state index is 0.611. The molecule has 0 aromatic rings. The Morgan fingerprint density at radius 3 is 2.86 bits per heavy atom. The van der Waals surface area contributed by atoms with Crippen molar-refractivity contribution in [1.29, 1.82) is 0 Å². The van der Waals surface area contributed by atoms with Crippen molar-refractivity contribution in [3.63, 3.8) is 0 Å². The van der Waals surface area contributed by atoms with Crippen LogP contribution in [-0.2, 0) is 0 Å². The van der Waals surface area contributed by atoms with Gasteiger partial charge in [0.2, 0.25) is 0 Å². The van der Waals surface area contributed by atoms with E-state index in [1.165, 1.54) is 19.4 Å². The predicted octanol–water partition coefficient (Wildman–Crippen LogP) is 0.924. The molecule has 0 aliphatic carbocycles. The van der Waals surface area contributed by atoms with Crippen LogP contribution in [0.15, 0.2) is 12.7 Å². The summed E-state index contributed by atoms with van der Waals surface area (Å²) >= 11 is 0. The van der Waals surface area contributed by atoms with E-state index in [9.17, 15) is 0 Å². The highest BCUT2D eigenvalue weighted by atomic mass is 14.9. The van der Waals surface area contributed by atoms with Crippen molar-refractivity contribution in [2.45, 2.75) is 18.9 Å². The number of hydrogen-bond acceptors (Lipinski definition) is 1. The second-order valence-corrected chi connectivity index (χ2v) is 1.94. The molecule has 1 heteroatoms. The van der Waals surface area contributed by atoms with Crippen LogP contribution >= 0.6 is 0 Å². The van der Waals surface area contributed by atoms with Gasteiger partial charge in [-0.25, -0.2) is 0 Å². The molecule has 1 unspecified atom stereocenters. The lowest BCUT2D eigenvalue weighted by atomic mass is 10.2. The highest BCUT2D eigenvalue weighted by Gasteiger charge is 2.07. The molecule has 0 radical (unpaired) electrons. The maximum absolute atomic E-state index is 3.68. The van der Waals surface area contributed by atoms with Crippen LogP contribution in [0.3, 0.4) is 0 Å². The van der Waals surface area contributed by atoms with Crippen molar-refractivity contribution in [1.82, 2.24) is 5.32 Å². The lowest BCUT2D eigenvalue weighted by Gasteiger charge is -1.97. The standard InChI is InChI=1S/C6H11N/c1-2-6-4-3-5-7-6/h2,6-7H,1,3-5H2. The van der Waals surface area contributed by atoms with Crippen LogP contribution < -0.4 is 5.32 Å². The van der Waals surface area contributed by atoms with Crippen LogP contribution in [0.4, 0.5) is 0 Å². The second-order valence-electron chi connectivity index (χ2n) is 1.94. The Bertz CT molecular complexity index is 62.6. The summed E-state index contributed by atoms with van der Waals surface area (Å²) < 4.78 is 0. The summed E-state index contributed by atoms with van der Waals surface area (Å²) in [5.41, 5.74) is 0. The van der Waals surface area contributed by atoms with E-state index in [0.717, 1.165) is 0 Å². The molecule has 1 aliphatic rings. The lowest BCUT2D eigenvalue weighted by Crippen LogP contribution is -2.17. The van der Waals surface area contributed by atoms with Gasteiger partial charge in [0, 0.05) is 6.04 Å². The summed E-state index contributed by atoms with van der Waals surface area (Å²) in [6.45, 7) is 4.86. The fourth-order valence-corrected chi connectivity index (χ4v) is 0.913. The largest absolute Gasteiger partial charge is 0.311 e. The Morgan fingerprint density at radius 1 is 1.71 bits per heavy atom. The van der Waals surface area contributed by atoms with E-state index in [2.05, 4.69) is 11.9 Å². The van der Waals surface area contributed by atoms with Crippen molar-refractivity contribution < 1.29 is 0 Å². The van der Waals surface area contributed by atoms with Crippen LogP contribution in [0, 0.1) is 0 Å². The van der Waals surface area contributed by atoms with Gasteiger partial charge >= 0.3 is 0 Å². The fourth-order valence-electron chi connectivity index (χ4n) is 0.913. The third-order valence-electron chi connectivity index (χ3n) is 1.38. The number of rotatable bonds is 1. The van der Waals surface area contributed by atoms with Gasteiger partial charge in [-0.3, -0.25) is 0 Å². The Morgan fingerprint density at radius 2 is 2.57 bits per heavy atom. The molecule has 1 nitrogen and oxygen atoms in total. The summed E-state index contributed by atoms with van der Waals surface area (Å²) in [5, 5.41) is 3.29. The van der Waals surface area contributed by atoms with Crippen molar-refractivity contribution in [2.24, 2.45) is 0 Å². The van der Waals surface area contributed by atoms with E-state index in [1.54, 1.807) is 0 Å². The van der Waals surface area contributed by atoms with Crippen LogP contribution in [0.5, 0.6) is 0 Å². The van der Waals surface area contributed by atoms with Crippen LogP contribution in [0.2, 0.25) is 0 Å². The topological polar surface area (TPSA) is 12.0 Å². The average molecular weight is 97.2 g/mol. The van der Waals surface area contributed by atoms with Crippen LogP contribution in [0.1, 0.15) is 12.8 Å². The molecule has 0 aromatic carbocycles. The van der Waals surface area contributed by atoms with E-state index in [4.69, 9.17) is 0 Å². The third-order valence-corrected chi connectivity index (χ3v) is 1.38. The van der Waals surface area contributed by atoms with Gasteiger partial charge < -0.3 is 5.32 Å². The number of nitrogens with one attached hydrogen (secondary N) is 1. The summed E-state index contributed by atoms with van der Waals surface area (Å²) in [6, 6.07) is 0.611. The van der Waals surface area contributed by atoms with Crippen LogP contribution in [-0.4, -0.2) is 12.6 Å². The van der Waals surface area contributed by atoms with E-state index in [0.29, 0.717) is 6.04 Å². The Kier molecular flexibility index (Phi) is 1.47. The zero-order chi connectivity index (χ0) is 5.11. The number of hydrogen-bond donors (Lipinski definition) is 1. The van der Waals surface area contributed by atoms with Gasteiger partial charge in [-0.05, 0) is 19.4 Å². The molecule has 0 aromatic heterocycles. The van der Waals surface area contributed by atoms with E-state index >= 15 is 0 Å². The molecular weight excluding hydrogens is 86.1 g/mol. The smallest absolute Gasteiger partial charge is 0.0247 e. The normalized spacial score (nSPS) is 30.6. The third kappa shape index (κ3) is 1.03. The minimum Gasteiger partial charge on any atom is -0.311 e. The highest BCUT2D eigenvalue weighted by molar-refractivity contribution is 4.88. The zero-order valence-electron chi connectivity index (χ0n) is 4.48. The fraction of sp³-hybridized carbons (Fsp3) is 0.667. The monoisotopic (exact) mass is 97.1 g/mol. The molecule has 1 N–H and O–H groups in total. The highest BCUT2D eigenvalue weighted by Crippen LogP contribution is 2.03. The van der Waals surface area contributed by atoms with E-state index < -0.39 is 0 Å². The summed E-state index contributed by atoms with van der Waals surface area (Å²) in [5.74, 6) is 0. The van der Waals surface area contributed by atoms with Gasteiger partial charge in [-0.1, -0.05) is 6.08 Å². The summed E-state index contributed by atoms with van der Waals surface area (Å²) in [6.07, 6.45) is 4.58. The molecular formula is C6H11N. The summed E-state index contributed by atoms with van der Waals surface area (Å²) in [4.78, 5) is 0. The molecule has 1 fully saturated rings. The molecule has 0 bridgehead atoms. The maximum atomic E-state index is 3.68. The minimum atomic E-state index is 0.611. The molecule has 1 rings (SSSR count). The molecule has 1 atom stereocenters. The molecule has 1 heterocycles. The van der Waals surface area contributed by atoms with E-state index in [1.807, 2.05) is 6.08 Å². The van der Waals surface area contributed by atoms with Gasteiger partial charge in [-0.2, -0.15) is 0 Å². The van der Waals surface area contributed by atoms with Gasteiger partial charge in [0.1, 0.15) is 0 Å². The first kappa shape index (κ1) is 4.85. The predicted molar refractivity (Wildman–Crippen MR) is 31.2 cm³/mol. The van der Waals surface area contributed by atoms with Crippen LogP contribution in [0.25, 0.3) is 0 Å². The van der Waals surface area contributed by atoms with Crippen molar-refractivity contribution in [2.75, 3.05) is 6.54 Å². The lowest BCUT2D eigenvalue weighted by molar-refractivity contribution is 0.729. The van der Waals surface area contributed by atoms with Crippen molar-refractivity contribution in [3.05, 3.63) is 12.7 Å². The zero-order valence-corrected chi connectivity index (χ0v) is 4.48. The first-order valence-electron chi connectivity index (χ1n) is 2.79. The average Bonchev–Trinajstić information content (AvgIpc) is 2.14. The Balaban J connectivity index is 2.26. The molecule has 7 heavy (non-hydrogen) atoms. The molecule has 1 aliphatic heterocycles. The second kappa shape index (κ2) is 2.12.